The Hall–Kier alpha value is -1.68. The number of benzene rings is 1. The molecule has 1 aliphatic rings. The van der Waals surface area contributed by atoms with Crippen molar-refractivity contribution in [3.8, 4) is 0 Å². The highest BCUT2D eigenvalue weighted by Crippen LogP contribution is 2.35. The van der Waals surface area contributed by atoms with Gasteiger partial charge in [-0.15, -0.1) is 0 Å². The molecule has 0 fully saturated rings. The lowest BCUT2D eigenvalue weighted by molar-refractivity contribution is 0.112. The number of thiazole rings is 1. The van der Waals surface area contributed by atoms with E-state index in [2.05, 4.69) is 35.0 Å². The monoisotopic (exact) mass is 258 g/mol. The number of carbonyl (C=O) groups is 1. The number of carbonyl (C=O) groups excluding carboxylic acids is 1. The van der Waals surface area contributed by atoms with Crippen LogP contribution in [0.5, 0.6) is 0 Å². The predicted molar refractivity (Wildman–Crippen MR) is 74.0 cm³/mol. The van der Waals surface area contributed by atoms with Gasteiger partial charge in [0.05, 0.1) is 11.1 Å². The van der Waals surface area contributed by atoms with Gasteiger partial charge in [-0.2, -0.15) is 0 Å². The molecule has 92 valence electrons. The number of anilines is 2. The summed E-state index contributed by atoms with van der Waals surface area (Å²) in [5.41, 5.74) is 3.91. The molecule has 0 radical (unpaired) electrons. The lowest BCUT2D eigenvalue weighted by Crippen LogP contribution is -2.24. The molecule has 0 spiro atoms. The van der Waals surface area contributed by atoms with Gasteiger partial charge in [0.2, 0.25) is 0 Å². The van der Waals surface area contributed by atoms with E-state index in [-0.39, 0.29) is 0 Å². The van der Waals surface area contributed by atoms with Crippen molar-refractivity contribution in [2.75, 3.05) is 11.4 Å². The van der Waals surface area contributed by atoms with Crippen LogP contribution in [0.15, 0.2) is 24.4 Å². The maximum atomic E-state index is 10.7. The van der Waals surface area contributed by atoms with E-state index in [1.807, 2.05) is 0 Å². The van der Waals surface area contributed by atoms with Crippen molar-refractivity contribution >= 4 is 28.4 Å². The first-order valence-corrected chi connectivity index (χ1v) is 6.87. The molecule has 3 nitrogen and oxygen atoms in total. The van der Waals surface area contributed by atoms with Crippen LogP contribution in [0, 0.1) is 6.92 Å². The van der Waals surface area contributed by atoms with Gasteiger partial charge in [-0.25, -0.2) is 4.98 Å². The van der Waals surface area contributed by atoms with Crippen LogP contribution in [-0.2, 0) is 6.42 Å². The van der Waals surface area contributed by atoms with E-state index < -0.39 is 0 Å². The van der Waals surface area contributed by atoms with Gasteiger partial charge in [0.25, 0.3) is 0 Å². The minimum absolute atomic E-state index is 0.684. The van der Waals surface area contributed by atoms with E-state index in [0.717, 1.165) is 30.8 Å². The zero-order valence-corrected chi connectivity index (χ0v) is 11.0. The quantitative estimate of drug-likeness (QED) is 0.774. The Bertz CT molecular complexity index is 591. The Morgan fingerprint density at radius 3 is 3.11 bits per heavy atom. The zero-order chi connectivity index (χ0) is 12.5. The van der Waals surface area contributed by atoms with Crippen molar-refractivity contribution in [3.05, 3.63) is 40.4 Å². The van der Waals surface area contributed by atoms with Gasteiger partial charge in [-0.1, -0.05) is 29.0 Å². The molecule has 0 atom stereocenters. The first-order valence-electron chi connectivity index (χ1n) is 6.06. The highest BCUT2D eigenvalue weighted by atomic mass is 32.1. The van der Waals surface area contributed by atoms with Crippen LogP contribution in [0.4, 0.5) is 10.8 Å². The van der Waals surface area contributed by atoms with Crippen LogP contribution in [0.1, 0.15) is 27.2 Å². The predicted octanol–water partition coefficient (Wildman–Crippen LogP) is 3.35. The highest BCUT2D eigenvalue weighted by molar-refractivity contribution is 7.17. The fraction of sp³-hybridized carbons (Fsp3) is 0.286. The van der Waals surface area contributed by atoms with Gasteiger partial charge in [-0.05, 0) is 31.4 Å². The van der Waals surface area contributed by atoms with Crippen molar-refractivity contribution in [2.24, 2.45) is 0 Å². The largest absolute Gasteiger partial charge is 0.318 e. The summed E-state index contributed by atoms with van der Waals surface area (Å²) in [6.45, 7) is 3.09. The Morgan fingerprint density at radius 1 is 1.44 bits per heavy atom. The molecule has 0 saturated carbocycles. The summed E-state index contributed by atoms with van der Waals surface area (Å²) in [4.78, 5) is 18.0. The first-order chi connectivity index (χ1) is 8.78. The van der Waals surface area contributed by atoms with Gasteiger partial charge < -0.3 is 4.90 Å². The standard InChI is InChI=1S/C14H14N2OS/c1-10-4-5-13-11(7-10)3-2-6-16(13)14-15-8-12(9-17)18-14/h4-5,7-9H,2-3,6H2,1H3. The van der Waals surface area contributed by atoms with Crippen LogP contribution in [0.2, 0.25) is 0 Å². The lowest BCUT2D eigenvalue weighted by Gasteiger charge is -2.29. The lowest BCUT2D eigenvalue weighted by atomic mass is 10.0. The number of nitrogens with zero attached hydrogens (tertiary/aromatic N) is 2. The van der Waals surface area contributed by atoms with Crippen LogP contribution in [0.3, 0.4) is 0 Å². The summed E-state index contributed by atoms with van der Waals surface area (Å²) < 4.78 is 0. The molecule has 1 aliphatic heterocycles. The van der Waals surface area contributed by atoms with Gasteiger partial charge in [-0.3, -0.25) is 4.79 Å². The number of aryl methyl sites for hydroxylation is 2. The Kier molecular flexibility index (Phi) is 2.88. The molecule has 0 bridgehead atoms. The fourth-order valence-electron chi connectivity index (χ4n) is 2.38. The number of hydrogen-bond acceptors (Lipinski definition) is 4. The van der Waals surface area contributed by atoms with Gasteiger partial charge >= 0.3 is 0 Å². The Balaban J connectivity index is 2.02. The van der Waals surface area contributed by atoms with E-state index >= 15 is 0 Å². The fourth-order valence-corrected chi connectivity index (χ4v) is 3.15. The number of hydrogen-bond donors (Lipinski definition) is 0. The van der Waals surface area contributed by atoms with E-state index in [4.69, 9.17) is 0 Å². The summed E-state index contributed by atoms with van der Waals surface area (Å²) in [6.07, 6.45) is 4.77. The third-order valence-electron chi connectivity index (χ3n) is 3.21. The molecule has 0 unspecified atom stereocenters. The topological polar surface area (TPSA) is 33.2 Å². The number of rotatable bonds is 2. The summed E-state index contributed by atoms with van der Waals surface area (Å²) in [6, 6.07) is 6.53. The normalized spacial score (nSPS) is 14.4. The van der Waals surface area contributed by atoms with Crippen molar-refractivity contribution in [1.29, 1.82) is 0 Å². The first kappa shape index (κ1) is 11.4. The summed E-state index contributed by atoms with van der Waals surface area (Å²) >= 11 is 1.45. The second-order valence-corrected chi connectivity index (χ2v) is 5.59. The van der Waals surface area contributed by atoms with Crippen LogP contribution >= 0.6 is 11.3 Å². The second-order valence-electron chi connectivity index (χ2n) is 4.55. The van der Waals surface area contributed by atoms with Crippen molar-refractivity contribution in [2.45, 2.75) is 19.8 Å². The molecule has 0 saturated heterocycles. The van der Waals surface area contributed by atoms with Crippen LogP contribution in [-0.4, -0.2) is 17.8 Å². The zero-order valence-electron chi connectivity index (χ0n) is 10.2. The molecule has 1 aromatic heterocycles. The Morgan fingerprint density at radius 2 is 2.33 bits per heavy atom. The van der Waals surface area contributed by atoms with Crippen LogP contribution < -0.4 is 4.90 Å². The average Bonchev–Trinajstić information content (AvgIpc) is 2.86. The SMILES string of the molecule is Cc1ccc2c(c1)CCCN2c1ncc(C=O)s1. The molecular formula is C14H14N2OS. The second kappa shape index (κ2) is 4.53. The molecule has 0 amide bonds. The molecule has 2 heterocycles. The summed E-state index contributed by atoms with van der Waals surface area (Å²) in [5, 5.41) is 0.918. The van der Waals surface area contributed by atoms with E-state index in [1.54, 1.807) is 6.20 Å². The third kappa shape index (κ3) is 1.93. The number of aldehydes is 1. The minimum Gasteiger partial charge on any atom is -0.318 e. The van der Waals surface area contributed by atoms with Gasteiger partial charge in [0.1, 0.15) is 0 Å². The maximum Gasteiger partial charge on any atom is 0.190 e. The van der Waals surface area contributed by atoms with Crippen molar-refractivity contribution < 1.29 is 4.79 Å². The molecule has 0 aliphatic carbocycles. The molecule has 1 aromatic carbocycles. The molecule has 0 N–H and O–H groups in total. The van der Waals surface area contributed by atoms with E-state index in [1.165, 1.54) is 28.2 Å². The molecule has 3 rings (SSSR count). The molecule has 18 heavy (non-hydrogen) atoms. The van der Waals surface area contributed by atoms with E-state index in [9.17, 15) is 4.79 Å². The highest BCUT2D eigenvalue weighted by Gasteiger charge is 2.20. The van der Waals surface area contributed by atoms with Gasteiger partial charge in [0, 0.05) is 12.2 Å². The summed E-state index contributed by atoms with van der Waals surface area (Å²) in [5.74, 6) is 0. The molecule has 4 heteroatoms. The van der Waals surface area contributed by atoms with Crippen LogP contribution in [0.25, 0.3) is 0 Å². The maximum absolute atomic E-state index is 10.7. The number of aromatic nitrogens is 1. The number of fused-ring (bicyclic) bond motifs is 1. The molecular weight excluding hydrogens is 244 g/mol. The van der Waals surface area contributed by atoms with E-state index in [0.29, 0.717) is 4.88 Å². The third-order valence-corrected chi connectivity index (χ3v) is 4.16. The average molecular weight is 258 g/mol. The Labute approximate surface area is 110 Å². The van der Waals surface area contributed by atoms with Crippen molar-refractivity contribution in [1.82, 2.24) is 4.98 Å². The van der Waals surface area contributed by atoms with Gasteiger partial charge in [0.15, 0.2) is 11.4 Å². The van der Waals surface area contributed by atoms with Crippen molar-refractivity contribution in [3.63, 3.8) is 0 Å². The summed E-state index contributed by atoms with van der Waals surface area (Å²) in [7, 11) is 0. The minimum atomic E-state index is 0.684. The smallest absolute Gasteiger partial charge is 0.190 e. The molecule has 2 aromatic rings.